The van der Waals surface area contributed by atoms with E-state index in [1.165, 1.54) is 0 Å². The first-order chi connectivity index (χ1) is 8.47. The summed E-state index contributed by atoms with van der Waals surface area (Å²) >= 11 is 1.57. The molecule has 0 aliphatic heterocycles. The number of carboxylic acid groups (broad SMARTS) is 1. The van der Waals surface area contributed by atoms with Crippen LogP contribution in [0.4, 0.5) is 4.79 Å². The Morgan fingerprint density at radius 3 is 2.39 bits per heavy atom. The molecule has 0 saturated carbocycles. The number of hydrogen-bond donors (Lipinski definition) is 2. The van der Waals surface area contributed by atoms with Crippen molar-refractivity contribution in [3.05, 3.63) is 0 Å². The van der Waals surface area contributed by atoms with E-state index in [9.17, 15) is 9.59 Å². The normalized spacial score (nSPS) is 13.8. The molecule has 2 amide bonds. The summed E-state index contributed by atoms with van der Waals surface area (Å²) in [6, 6.07) is -0.978. The SMILES string of the molecule is CCC(C)N(CC)C(=O)NC(CCSC)C(=O)O. The highest BCUT2D eigenvalue weighted by Crippen LogP contribution is 2.06. The highest BCUT2D eigenvalue weighted by atomic mass is 32.2. The topological polar surface area (TPSA) is 69.6 Å². The van der Waals surface area contributed by atoms with Crippen LogP contribution in [0.1, 0.15) is 33.6 Å². The number of amides is 2. The lowest BCUT2D eigenvalue weighted by Crippen LogP contribution is -2.50. The zero-order valence-corrected chi connectivity index (χ0v) is 12.4. The predicted octanol–water partition coefficient (Wildman–Crippen LogP) is 2.02. The first kappa shape index (κ1) is 17.1. The summed E-state index contributed by atoms with van der Waals surface area (Å²) in [7, 11) is 0. The van der Waals surface area contributed by atoms with E-state index in [1.54, 1.807) is 16.7 Å². The zero-order chi connectivity index (χ0) is 14.1. The van der Waals surface area contributed by atoms with Crippen LogP contribution in [0.25, 0.3) is 0 Å². The molecule has 0 heterocycles. The van der Waals surface area contributed by atoms with Crippen LogP contribution in [0.3, 0.4) is 0 Å². The van der Waals surface area contributed by atoms with Gasteiger partial charge in [0.15, 0.2) is 0 Å². The van der Waals surface area contributed by atoms with Crippen LogP contribution in [0.5, 0.6) is 0 Å². The Morgan fingerprint density at radius 2 is 2.00 bits per heavy atom. The number of hydrogen-bond acceptors (Lipinski definition) is 3. The fraction of sp³-hybridized carbons (Fsp3) is 0.833. The molecule has 0 aromatic rings. The molecule has 6 heteroatoms. The average Bonchev–Trinajstić information content (AvgIpc) is 2.34. The van der Waals surface area contributed by atoms with Crippen molar-refractivity contribution in [1.29, 1.82) is 0 Å². The smallest absolute Gasteiger partial charge is 0.326 e. The molecule has 0 aliphatic rings. The van der Waals surface area contributed by atoms with Crippen LogP contribution in [-0.4, -0.2) is 52.6 Å². The van der Waals surface area contributed by atoms with Crippen molar-refractivity contribution in [2.75, 3.05) is 18.6 Å². The molecule has 0 rings (SSSR count). The van der Waals surface area contributed by atoms with Gasteiger partial charge in [-0.2, -0.15) is 11.8 Å². The van der Waals surface area contributed by atoms with Crippen LogP contribution in [0.15, 0.2) is 0 Å². The lowest BCUT2D eigenvalue weighted by atomic mass is 10.2. The number of thioether (sulfide) groups is 1. The van der Waals surface area contributed by atoms with Crippen molar-refractivity contribution in [1.82, 2.24) is 10.2 Å². The van der Waals surface area contributed by atoms with E-state index in [4.69, 9.17) is 5.11 Å². The summed E-state index contributed by atoms with van der Waals surface area (Å²) in [6.45, 7) is 6.43. The minimum Gasteiger partial charge on any atom is -0.480 e. The number of nitrogens with one attached hydrogen (secondary N) is 1. The van der Waals surface area contributed by atoms with Crippen molar-refractivity contribution < 1.29 is 14.7 Å². The molecule has 0 bridgehead atoms. The molecule has 0 radical (unpaired) electrons. The van der Waals surface area contributed by atoms with Crippen LogP contribution in [-0.2, 0) is 4.79 Å². The standard InChI is InChI=1S/C12H24N2O3S/c1-5-9(3)14(6-2)12(17)13-10(11(15)16)7-8-18-4/h9-10H,5-8H2,1-4H3,(H,13,17)(H,15,16). The second-order valence-corrected chi connectivity index (χ2v) is 5.15. The van der Waals surface area contributed by atoms with Gasteiger partial charge < -0.3 is 15.3 Å². The van der Waals surface area contributed by atoms with Gasteiger partial charge in [0.2, 0.25) is 0 Å². The molecular weight excluding hydrogens is 252 g/mol. The molecule has 2 atom stereocenters. The summed E-state index contributed by atoms with van der Waals surface area (Å²) in [5, 5.41) is 11.6. The Morgan fingerprint density at radius 1 is 1.39 bits per heavy atom. The summed E-state index contributed by atoms with van der Waals surface area (Å²) < 4.78 is 0. The third-order valence-corrected chi connectivity index (χ3v) is 3.57. The fourth-order valence-electron chi connectivity index (χ4n) is 1.60. The Hall–Kier alpha value is -0.910. The second-order valence-electron chi connectivity index (χ2n) is 4.17. The molecule has 0 aromatic heterocycles. The lowest BCUT2D eigenvalue weighted by molar-refractivity contribution is -0.139. The highest BCUT2D eigenvalue weighted by molar-refractivity contribution is 7.98. The van der Waals surface area contributed by atoms with E-state index in [0.29, 0.717) is 18.7 Å². The van der Waals surface area contributed by atoms with Crippen molar-refractivity contribution in [2.45, 2.75) is 45.7 Å². The van der Waals surface area contributed by atoms with E-state index in [-0.39, 0.29) is 12.1 Å². The van der Waals surface area contributed by atoms with Gasteiger partial charge in [-0.3, -0.25) is 0 Å². The highest BCUT2D eigenvalue weighted by Gasteiger charge is 2.23. The minimum absolute atomic E-state index is 0.116. The average molecular weight is 276 g/mol. The second kappa shape index (κ2) is 9.08. The molecule has 0 aliphatic carbocycles. The molecule has 18 heavy (non-hydrogen) atoms. The molecule has 0 saturated heterocycles. The Kier molecular flexibility index (Phi) is 8.62. The first-order valence-corrected chi connectivity index (χ1v) is 7.66. The molecular formula is C12H24N2O3S. The third-order valence-electron chi connectivity index (χ3n) is 2.93. The summed E-state index contributed by atoms with van der Waals surface area (Å²) in [4.78, 5) is 24.7. The Bertz CT molecular complexity index is 274. The number of nitrogens with zero attached hydrogens (tertiary/aromatic N) is 1. The van der Waals surface area contributed by atoms with Crippen LogP contribution in [0.2, 0.25) is 0 Å². The number of rotatable bonds is 8. The van der Waals surface area contributed by atoms with E-state index < -0.39 is 12.0 Å². The zero-order valence-electron chi connectivity index (χ0n) is 11.6. The third kappa shape index (κ3) is 5.62. The van der Waals surface area contributed by atoms with Crippen molar-refractivity contribution >= 4 is 23.8 Å². The van der Waals surface area contributed by atoms with Gasteiger partial charge >= 0.3 is 12.0 Å². The maximum absolute atomic E-state index is 12.0. The maximum Gasteiger partial charge on any atom is 0.326 e. The molecule has 2 unspecified atom stereocenters. The largest absolute Gasteiger partial charge is 0.480 e. The van der Waals surface area contributed by atoms with E-state index in [0.717, 1.165) is 6.42 Å². The lowest BCUT2D eigenvalue weighted by Gasteiger charge is -2.28. The Labute approximate surface area is 113 Å². The van der Waals surface area contributed by atoms with Crippen LogP contribution in [0, 0.1) is 0 Å². The molecule has 5 nitrogen and oxygen atoms in total. The van der Waals surface area contributed by atoms with E-state index in [1.807, 2.05) is 27.0 Å². The van der Waals surface area contributed by atoms with E-state index in [2.05, 4.69) is 5.32 Å². The van der Waals surface area contributed by atoms with Crippen LogP contribution >= 0.6 is 11.8 Å². The molecule has 0 aromatic carbocycles. The van der Waals surface area contributed by atoms with Gasteiger partial charge in [0.1, 0.15) is 6.04 Å². The van der Waals surface area contributed by atoms with Gasteiger partial charge in [-0.25, -0.2) is 9.59 Å². The minimum atomic E-state index is -0.974. The van der Waals surface area contributed by atoms with Gasteiger partial charge in [-0.05, 0) is 38.7 Å². The molecule has 0 fully saturated rings. The quantitative estimate of drug-likeness (QED) is 0.711. The van der Waals surface area contributed by atoms with Gasteiger partial charge in [-0.15, -0.1) is 0 Å². The number of aliphatic carboxylic acids is 1. The number of carbonyl (C=O) groups is 2. The predicted molar refractivity (Wildman–Crippen MR) is 75.1 cm³/mol. The summed E-state index contributed by atoms with van der Waals surface area (Å²) in [5.74, 6) is -0.259. The van der Waals surface area contributed by atoms with Crippen molar-refractivity contribution in [3.63, 3.8) is 0 Å². The van der Waals surface area contributed by atoms with Crippen molar-refractivity contribution in [3.8, 4) is 0 Å². The fourth-order valence-corrected chi connectivity index (χ4v) is 2.07. The van der Waals surface area contributed by atoms with Gasteiger partial charge in [-0.1, -0.05) is 6.92 Å². The number of urea groups is 1. The molecule has 2 N–H and O–H groups in total. The first-order valence-electron chi connectivity index (χ1n) is 6.26. The van der Waals surface area contributed by atoms with Gasteiger partial charge in [0.05, 0.1) is 0 Å². The monoisotopic (exact) mass is 276 g/mol. The van der Waals surface area contributed by atoms with Gasteiger partial charge in [0, 0.05) is 12.6 Å². The summed E-state index contributed by atoms with van der Waals surface area (Å²) in [6.07, 6.45) is 3.21. The Balaban J connectivity index is 4.51. The molecule has 106 valence electrons. The van der Waals surface area contributed by atoms with Crippen LogP contribution < -0.4 is 5.32 Å². The number of carbonyl (C=O) groups excluding carboxylic acids is 1. The molecule has 0 spiro atoms. The number of carboxylic acids is 1. The summed E-state index contributed by atoms with van der Waals surface area (Å²) in [5.41, 5.74) is 0. The van der Waals surface area contributed by atoms with Crippen molar-refractivity contribution in [2.24, 2.45) is 0 Å². The van der Waals surface area contributed by atoms with E-state index >= 15 is 0 Å². The maximum atomic E-state index is 12.0. The van der Waals surface area contributed by atoms with Gasteiger partial charge in [0.25, 0.3) is 0 Å².